The Hall–Kier alpha value is -0.530. The highest BCUT2D eigenvalue weighted by Crippen LogP contribution is 2.44. The van der Waals surface area contributed by atoms with Gasteiger partial charge in [0.15, 0.2) is 5.96 Å². The lowest BCUT2D eigenvalue weighted by Gasteiger charge is -2.35. The van der Waals surface area contributed by atoms with Crippen molar-refractivity contribution in [1.29, 1.82) is 0 Å². The second-order valence-electron chi connectivity index (χ2n) is 6.56. The zero-order chi connectivity index (χ0) is 14.0. The Morgan fingerprint density at radius 3 is 2.65 bits per heavy atom. The Labute approximate surface area is 138 Å². The van der Waals surface area contributed by atoms with Crippen molar-refractivity contribution >= 4 is 35.8 Å². The Balaban J connectivity index is 0.00000200. The first-order valence-electron chi connectivity index (χ1n) is 7.19. The van der Waals surface area contributed by atoms with Crippen LogP contribution in [0.4, 0.5) is 0 Å². The van der Waals surface area contributed by atoms with Crippen LogP contribution in [-0.4, -0.2) is 42.9 Å². The van der Waals surface area contributed by atoms with Gasteiger partial charge in [-0.25, -0.2) is 0 Å². The second-order valence-corrected chi connectivity index (χ2v) is 6.56. The minimum absolute atomic E-state index is 0. The molecule has 0 bridgehead atoms. The van der Waals surface area contributed by atoms with Crippen LogP contribution >= 0.6 is 24.0 Å². The molecule has 0 aromatic heterocycles. The first kappa shape index (κ1) is 17.5. The molecule has 0 spiro atoms. The molecule has 1 saturated heterocycles. The van der Waals surface area contributed by atoms with E-state index in [4.69, 9.17) is 5.73 Å². The molecule has 0 aromatic rings. The molecule has 0 radical (unpaired) electrons. The van der Waals surface area contributed by atoms with Crippen LogP contribution in [0.15, 0.2) is 4.99 Å². The highest BCUT2D eigenvalue weighted by atomic mass is 127. The number of piperidine rings is 1. The zero-order valence-corrected chi connectivity index (χ0v) is 15.0. The third-order valence-electron chi connectivity index (χ3n) is 4.34. The van der Waals surface area contributed by atoms with E-state index in [1.165, 1.54) is 6.42 Å². The summed E-state index contributed by atoms with van der Waals surface area (Å²) in [6.07, 6.45) is 3.88. The van der Waals surface area contributed by atoms with Gasteiger partial charge in [0.2, 0.25) is 5.91 Å². The molecule has 5 nitrogen and oxygen atoms in total. The number of halogens is 1. The van der Waals surface area contributed by atoms with E-state index in [1.807, 2.05) is 7.05 Å². The van der Waals surface area contributed by atoms with Gasteiger partial charge in [0.05, 0.1) is 0 Å². The maximum atomic E-state index is 11.0. The lowest BCUT2D eigenvalue weighted by atomic mass is 9.95. The summed E-state index contributed by atoms with van der Waals surface area (Å²) < 4.78 is 0. The number of likely N-dealkylation sites (tertiary alicyclic amines) is 1. The Morgan fingerprint density at radius 2 is 2.15 bits per heavy atom. The number of hydrogen-bond acceptors (Lipinski definition) is 2. The predicted octanol–water partition coefficient (Wildman–Crippen LogP) is 1.57. The molecule has 1 saturated carbocycles. The van der Waals surface area contributed by atoms with Crippen molar-refractivity contribution in [2.45, 2.75) is 45.6 Å². The van der Waals surface area contributed by atoms with Gasteiger partial charge in [0.1, 0.15) is 0 Å². The molecule has 2 fully saturated rings. The molecule has 1 heterocycles. The topological polar surface area (TPSA) is 70.7 Å². The Morgan fingerprint density at radius 1 is 1.50 bits per heavy atom. The first-order valence-corrected chi connectivity index (χ1v) is 7.19. The maximum absolute atomic E-state index is 11.0. The molecular formula is C14H27IN4O. The summed E-state index contributed by atoms with van der Waals surface area (Å²) in [5.74, 6) is 1.15. The van der Waals surface area contributed by atoms with Crippen LogP contribution in [-0.2, 0) is 4.79 Å². The van der Waals surface area contributed by atoms with Gasteiger partial charge in [-0.1, -0.05) is 13.8 Å². The number of amides is 1. The van der Waals surface area contributed by atoms with Crippen LogP contribution < -0.4 is 11.1 Å². The summed E-state index contributed by atoms with van der Waals surface area (Å²) in [5, 5.41) is 3.53. The van der Waals surface area contributed by atoms with Gasteiger partial charge in [0.25, 0.3) is 0 Å². The molecule has 1 aliphatic heterocycles. The van der Waals surface area contributed by atoms with Gasteiger partial charge in [-0.05, 0) is 30.6 Å². The molecular weight excluding hydrogens is 367 g/mol. The molecule has 2 aliphatic rings. The average Bonchev–Trinajstić information content (AvgIpc) is 2.93. The van der Waals surface area contributed by atoms with E-state index >= 15 is 0 Å². The molecule has 2 atom stereocenters. The monoisotopic (exact) mass is 394 g/mol. The number of hydrogen-bond donors (Lipinski definition) is 2. The minimum Gasteiger partial charge on any atom is -0.370 e. The lowest BCUT2D eigenvalue weighted by Crippen LogP contribution is -2.48. The highest BCUT2D eigenvalue weighted by Gasteiger charge is 2.46. The van der Waals surface area contributed by atoms with Crippen molar-refractivity contribution in [3.05, 3.63) is 0 Å². The van der Waals surface area contributed by atoms with E-state index in [2.05, 4.69) is 29.1 Å². The van der Waals surface area contributed by atoms with Crippen LogP contribution in [0.2, 0.25) is 0 Å². The molecule has 20 heavy (non-hydrogen) atoms. The number of primary amides is 1. The largest absolute Gasteiger partial charge is 0.370 e. The third-order valence-corrected chi connectivity index (χ3v) is 4.34. The molecule has 1 aliphatic carbocycles. The molecule has 6 heteroatoms. The van der Waals surface area contributed by atoms with Crippen molar-refractivity contribution in [2.75, 3.05) is 20.1 Å². The lowest BCUT2D eigenvalue weighted by molar-refractivity contribution is -0.119. The van der Waals surface area contributed by atoms with E-state index < -0.39 is 0 Å². The van der Waals surface area contributed by atoms with Crippen LogP contribution in [0.3, 0.4) is 0 Å². The average molecular weight is 394 g/mol. The second kappa shape index (κ2) is 6.95. The fourth-order valence-corrected chi connectivity index (χ4v) is 2.88. The SMILES string of the molecule is CN=C(NC1CC1(C)C)N1CCCC(CC(N)=O)C1.I. The number of carbonyl (C=O) groups excluding carboxylic acids is 1. The Kier molecular flexibility index (Phi) is 6.09. The number of aliphatic imine (C=N–C) groups is 1. The summed E-state index contributed by atoms with van der Waals surface area (Å²) in [4.78, 5) is 17.7. The number of nitrogens with one attached hydrogen (secondary N) is 1. The number of rotatable bonds is 3. The first-order chi connectivity index (χ1) is 8.92. The van der Waals surface area contributed by atoms with E-state index in [0.29, 0.717) is 23.8 Å². The van der Waals surface area contributed by atoms with Gasteiger partial charge in [-0.2, -0.15) is 0 Å². The summed E-state index contributed by atoms with van der Waals surface area (Å²) >= 11 is 0. The van der Waals surface area contributed by atoms with Crippen molar-refractivity contribution < 1.29 is 4.79 Å². The third kappa shape index (κ3) is 4.49. The number of nitrogens with zero attached hydrogens (tertiary/aromatic N) is 2. The van der Waals surface area contributed by atoms with Gasteiger partial charge < -0.3 is 16.0 Å². The number of nitrogens with two attached hydrogens (primary N) is 1. The molecule has 2 rings (SSSR count). The molecule has 1 amide bonds. The van der Waals surface area contributed by atoms with Crippen LogP contribution in [0, 0.1) is 11.3 Å². The van der Waals surface area contributed by atoms with E-state index in [-0.39, 0.29) is 29.9 Å². The normalized spacial score (nSPS) is 28.6. The van der Waals surface area contributed by atoms with Crippen LogP contribution in [0.1, 0.15) is 39.5 Å². The van der Waals surface area contributed by atoms with Gasteiger partial charge in [-0.3, -0.25) is 9.79 Å². The summed E-state index contributed by atoms with van der Waals surface area (Å²) in [6, 6.07) is 0.530. The van der Waals surface area contributed by atoms with Crippen molar-refractivity contribution in [3.8, 4) is 0 Å². The highest BCUT2D eigenvalue weighted by molar-refractivity contribution is 14.0. The zero-order valence-electron chi connectivity index (χ0n) is 12.7. The Bertz CT molecular complexity index is 383. The molecule has 116 valence electrons. The van der Waals surface area contributed by atoms with Crippen molar-refractivity contribution in [3.63, 3.8) is 0 Å². The molecule has 3 N–H and O–H groups in total. The summed E-state index contributed by atoms with van der Waals surface area (Å²) in [7, 11) is 1.83. The van der Waals surface area contributed by atoms with E-state index in [9.17, 15) is 4.79 Å². The fraction of sp³-hybridized carbons (Fsp3) is 0.857. The molecule has 0 aromatic carbocycles. The predicted molar refractivity (Wildman–Crippen MR) is 92.2 cm³/mol. The molecule has 2 unspecified atom stereocenters. The van der Waals surface area contributed by atoms with Gasteiger partial charge in [-0.15, -0.1) is 24.0 Å². The van der Waals surface area contributed by atoms with Gasteiger partial charge >= 0.3 is 0 Å². The maximum Gasteiger partial charge on any atom is 0.217 e. The minimum atomic E-state index is -0.196. The standard InChI is InChI=1S/C14H26N4O.HI/c1-14(2)8-11(14)17-13(16-3)18-6-4-5-10(9-18)7-12(15)19;/h10-11H,4-9H2,1-3H3,(H2,15,19)(H,16,17);1H. The van der Waals surface area contributed by atoms with Crippen LogP contribution in [0.25, 0.3) is 0 Å². The smallest absolute Gasteiger partial charge is 0.217 e. The number of carbonyl (C=O) groups is 1. The summed E-state index contributed by atoms with van der Waals surface area (Å²) in [6.45, 7) is 6.44. The van der Waals surface area contributed by atoms with E-state index in [0.717, 1.165) is 31.9 Å². The van der Waals surface area contributed by atoms with Crippen molar-refractivity contribution in [1.82, 2.24) is 10.2 Å². The van der Waals surface area contributed by atoms with E-state index in [1.54, 1.807) is 0 Å². The van der Waals surface area contributed by atoms with Crippen LogP contribution in [0.5, 0.6) is 0 Å². The fourth-order valence-electron chi connectivity index (χ4n) is 2.88. The number of guanidine groups is 1. The summed E-state index contributed by atoms with van der Waals surface area (Å²) in [5.41, 5.74) is 5.69. The van der Waals surface area contributed by atoms with Crippen molar-refractivity contribution in [2.24, 2.45) is 22.1 Å². The quantitative estimate of drug-likeness (QED) is 0.434. The van der Waals surface area contributed by atoms with Gasteiger partial charge in [0, 0.05) is 32.6 Å².